The van der Waals surface area contributed by atoms with E-state index in [-0.39, 0.29) is 21.6 Å². The molecule has 0 atom stereocenters. The Morgan fingerprint density at radius 1 is 1.03 bits per heavy atom. The summed E-state index contributed by atoms with van der Waals surface area (Å²) in [5.74, 6) is 0. The first-order valence-electron chi connectivity index (χ1n) is 8.22. The Bertz CT molecular complexity index is 985. The largest absolute Gasteiger partial charge is 0.430 e. The van der Waals surface area contributed by atoms with Gasteiger partial charge in [0.1, 0.15) is 0 Å². The van der Waals surface area contributed by atoms with Crippen LogP contribution in [0, 0.1) is 6.92 Å². The maximum Gasteiger partial charge on any atom is 0.430 e. The Morgan fingerprint density at radius 2 is 1.53 bits per heavy atom. The predicted molar refractivity (Wildman–Crippen MR) is 98.9 cm³/mol. The molecule has 0 fully saturated rings. The Labute approximate surface area is 172 Å². The number of hydrogen-bond donors (Lipinski definition) is 3. The van der Waals surface area contributed by atoms with Crippen molar-refractivity contribution < 1.29 is 39.9 Å². The monoisotopic (exact) mass is 477 g/mol. The number of anilines is 2. The van der Waals surface area contributed by atoms with Crippen molar-refractivity contribution in [2.75, 3.05) is 10.0 Å². The van der Waals surface area contributed by atoms with Crippen LogP contribution in [0.15, 0.2) is 28.5 Å². The Morgan fingerprint density at radius 3 is 1.97 bits per heavy atom. The van der Waals surface area contributed by atoms with Crippen molar-refractivity contribution in [3.05, 3.63) is 35.5 Å². The number of aliphatic hydroxyl groups is 1. The lowest BCUT2D eigenvalue weighted by atomic mass is 9.92. The Kier molecular flexibility index (Phi) is 6.37. The summed E-state index contributed by atoms with van der Waals surface area (Å²) in [5, 5.41) is 12.6. The van der Waals surface area contributed by atoms with Gasteiger partial charge in [-0.3, -0.25) is 4.72 Å². The van der Waals surface area contributed by atoms with Gasteiger partial charge in [-0.2, -0.15) is 26.3 Å². The molecule has 3 N–H and O–H groups in total. The standard InChI is InChI=1S/C16H17F6N3O3S2/c1-8(2)23-13-24-9(3)12(29-13)30(27,28)25-11-6-4-10(5-7-11)14(26,15(17,18)19)16(20,21)22/h4-8,25-26H,1-3H3,(H,23,24). The first-order valence-corrected chi connectivity index (χ1v) is 10.5. The van der Waals surface area contributed by atoms with Crippen LogP contribution in [0.5, 0.6) is 0 Å². The summed E-state index contributed by atoms with van der Waals surface area (Å²) in [7, 11) is -4.21. The topological polar surface area (TPSA) is 91.3 Å². The van der Waals surface area contributed by atoms with Gasteiger partial charge in [-0.25, -0.2) is 13.4 Å². The highest BCUT2D eigenvalue weighted by Gasteiger charge is 2.71. The average Bonchev–Trinajstić information content (AvgIpc) is 2.93. The van der Waals surface area contributed by atoms with E-state index in [4.69, 9.17) is 0 Å². The van der Waals surface area contributed by atoms with Gasteiger partial charge in [0.15, 0.2) is 9.34 Å². The fraction of sp³-hybridized carbons (Fsp3) is 0.438. The number of alkyl halides is 6. The van der Waals surface area contributed by atoms with E-state index in [1.165, 1.54) is 6.92 Å². The van der Waals surface area contributed by atoms with Gasteiger partial charge in [-0.05, 0) is 32.9 Å². The second-order valence-electron chi connectivity index (χ2n) is 6.58. The molecule has 0 saturated heterocycles. The fourth-order valence-electron chi connectivity index (χ4n) is 2.41. The summed E-state index contributed by atoms with van der Waals surface area (Å²) in [6.07, 6.45) is -12.1. The molecule has 0 unspecified atom stereocenters. The van der Waals surface area contributed by atoms with Crippen molar-refractivity contribution >= 4 is 32.2 Å². The maximum absolute atomic E-state index is 12.9. The summed E-state index contributed by atoms with van der Waals surface area (Å²) in [4.78, 5) is 4.06. The van der Waals surface area contributed by atoms with Crippen LogP contribution in [-0.4, -0.2) is 36.9 Å². The quantitative estimate of drug-likeness (QED) is 0.537. The van der Waals surface area contributed by atoms with Gasteiger partial charge >= 0.3 is 12.4 Å². The molecule has 0 radical (unpaired) electrons. The third-order valence-corrected chi connectivity index (χ3v) is 6.87. The minimum absolute atomic E-state index is 0.0207. The van der Waals surface area contributed by atoms with Crippen LogP contribution in [0.4, 0.5) is 37.2 Å². The molecule has 1 aromatic carbocycles. The summed E-state index contributed by atoms with van der Waals surface area (Å²) in [5.41, 5.74) is -6.72. The van der Waals surface area contributed by atoms with Crippen LogP contribution in [0.25, 0.3) is 0 Å². The Hall–Kier alpha value is -2.06. The smallest absolute Gasteiger partial charge is 0.369 e. The lowest BCUT2D eigenvalue weighted by molar-refractivity contribution is -0.376. The summed E-state index contributed by atoms with van der Waals surface area (Å²) >= 11 is 0.818. The molecule has 1 heterocycles. The SMILES string of the molecule is Cc1nc(NC(C)C)sc1S(=O)(=O)Nc1ccc(C(O)(C(F)(F)F)C(F)(F)F)cc1. The Balaban J connectivity index is 2.34. The van der Waals surface area contributed by atoms with Gasteiger partial charge in [0.25, 0.3) is 15.6 Å². The summed E-state index contributed by atoms with van der Waals surface area (Å²) < 4.78 is 105. The molecule has 2 aromatic rings. The molecule has 0 saturated carbocycles. The molecular weight excluding hydrogens is 460 g/mol. The molecule has 0 aliphatic rings. The molecule has 0 spiro atoms. The van der Waals surface area contributed by atoms with E-state index in [1.807, 2.05) is 13.8 Å². The van der Waals surface area contributed by atoms with Crippen LogP contribution in [0.3, 0.4) is 0 Å². The molecule has 1 aromatic heterocycles. The van der Waals surface area contributed by atoms with Gasteiger partial charge in [0.05, 0.1) is 5.69 Å². The number of benzene rings is 1. The van der Waals surface area contributed by atoms with Crippen molar-refractivity contribution in [2.45, 2.75) is 49.0 Å². The molecule has 0 amide bonds. The molecule has 0 aliphatic carbocycles. The highest BCUT2D eigenvalue weighted by atomic mass is 32.2. The second-order valence-corrected chi connectivity index (χ2v) is 9.46. The number of aryl methyl sites for hydroxylation is 1. The number of thiazole rings is 1. The fourth-order valence-corrected chi connectivity index (χ4v) is 5.03. The van der Waals surface area contributed by atoms with E-state index in [0.717, 1.165) is 11.3 Å². The molecule has 2 rings (SSSR count). The van der Waals surface area contributed by atoms with Gasteiger partial charge in [-0.15, -0.1) is 0 Å². The molecule has 168 valence electrons. The third kappa shape index (κ3) is 4.64. The van der Waals surface area contributed by atoms with E-state index < -0.39 is 33.5 Å². The number of nitrogens with zero attached hydrogens (tertiary/aromatic N) is 1. The van der Waals surface area contributed by atoms with Crippen molar-refractivity contribution in [2.24, 2.45) is 0 Å². The second kappa shape index (κ2) is 7.89. The molecule has 0 bridgehead atoms. The minimum Gasteiger partial charge on any atom is -0.369 e. The minimum atomic E-state index is -6.04. The molecule has 14 heteroatoms. The van der Waals surface area contributed by atoms with Crippen molar-refractivity contribution in [3.63, 3.8) is 0 Å². The van der Waals surface area contributed by atoms with E-state index in [2.05, 4.69) is 15.0 Å². The lowest BCUT2D eigenvalue weighted by Gasteiger charge is -2.32. The average molecular weight is 477 g/mol. The van der Waals surface area contributed by atoms with Crippen molar-refractivity contribution in [3.8, 4) is 0 Å². The van der Waals surface area contributed by atoms with E-state index in [9.17, 15) is 39.9 Å². The van der Waals surface area contributed by atoms with E-state index >= 15 is 0 Å². The summed E-state index contributed by atoms with van der Waals surface area (Å²) in [6, 6.07) is 2.07. The normalized spacial score (nSPS) is 13.6. The van der Waals surface area contributed by atoms with Gasteiger partial charge in [0.2, 0.25) is 0 Å². The predicted octanol–water partition coefficient (Wildman–Crippen LogP) is 4.38. The highest BCUT2D eigenvalue weighted by Crippen LogP contribution is 2.50. The first kappa shape index (κ1) is 24.2. The van der Waals surface area contributed by atoms with Crippen LogP contribution >= 0.6 is 11.3 Å². The van der Waals surface area contributed by atoms with E-state index in [0.29, 0.717) is 29.4 Å². The number of rotatable bonds is 6. The lowest BCUT2D eigenvalue weighted by Crippen LogP contribution is -2.53. The molecule has 0 aliphatic heterocycles. The number of nitrogens with one attached hydrogen (secondary N) is 2. The maximum atomic E-state index is 12.9. The van der Waals surface area contributed by atoms with Crippen LogP contribution in [0.1, 0.15) is 25.1 Å². The number of aromatic nitrogens is 1. The zero-order chi connectivity index (χ0) is 23.1. The van der Waals surface area contributed by atoms with Gasteiger partial charge in [0, 0.05) is 17.3 Å². The zero-order valence-corrected chi connectivity index (χ0v) is 17.3. The third-order valence-electron chi connectivity index (χ3n) is 3.79. The highest BCUT2D eigenvalue weighted by molar-refractivity contribution is 7.94. The molecule has 6 nitrogen and oxygen atoms in total. The van der Waals surface area contributed by atoms with Crippen molar-refractivity contribution in [1.82, 2.24) is 4.98 Å². The van der Waals surface area contributed by atoms with Gasteiger partial charge < -0.3 is 10.4 Å². The number of hydrogen-bond acceptors (Lipinski definition) is 6. The first-order chi connectivity index (χ1) is 13.5. The number of halogens is 6. The van der Waals surface area contributed by atoms with Crippen molar-refractivity contribution in [1.29, 1.82) is 0 Å². The van der Waals surface area contributed by atoms with Gasteiger partial charge in [-0.1, -0.05) is 23.5 Å². The number of sulfonamides is 1. The summed E-state index contributed by atoms with van der Waals surface area (Å²) in [6.45, 7) is 5.06. The van der Waals surface area contributed by atoms with Crippen LogP contribution in [0.2, 0.25) is 0 Å². The van der Waals surface area contributed by atoms with Crippen LogP contribution < -0.4 is 10.0 Å². The molecular formula is C16H17F6N3O3S2. The van der Waals surface area contributed by atoms with Crippen LogP contribution in [-0.2, 0) is 15.6 Å². The van der Waals surface area contributed by atoms with E-state index in [1.54, 1.807) is 0 Å². The molecule has 30 heavy (non-hydrogen) atoms. The zero-order valence-electron chi connectivity index (χ0n) is 15.7.